The number of fused-ring (bicyclic) bond motifs is 1. The van der Waals surface area contributed by atoms with Gasteiger partial charge < -0.3 is 19.1 Å². The van der Waals surface area contributed by atoms with Crippen molar-refractivity contribution in [3.8, 4) is 11.4 Å². The van der Waals surface area contributed by atoms with Gasteiger partial charge in [-0.1, -0.05) is 6.07 Å². The lowest BCUT2D eigenvalue weighted by molar-refractivity contribution is -0.0495. The molecule has 0 atom stereocenters. The molecule has 0 spiro atoms. The molecule has 0 N–H and O–H groups in total. The van der Waals surface area contributed by atoms with E-state index in [2.05, 4.69) is 18.7 Å². The maximum atomic E-state index is 14.1. The van der Waals surface area contributed by atoms with E-state index in [4.69, 9.17) is 4.74 Å². The maximum absolute atomic E-state index is 14.1. The van der Waals surface area contributed by atoms with Crippen LogP contribution in [0.15, 0.2) is 48.5 Å². The normalized spacial score (nSPS) is 19.2. The second kappa shape index (κ2) is 9.81. The molecule has 8 heteroatoms. The molecule has 192 valence electrons. The largest absolute Gasteiger partial charge is 0.490 e. The average Bonchev–Trinajstić information content (AvgIpc) is 3.23. The molecule has 0 aliphatic carbocycles. The quantitative estimate of drug-likeness (QED) is 0.439. The highest BCUT2D eigenvalue weighted by Gasteiger charge is 2.36. The Morgan fingerprint density at radius 3 is 2.39 bits per heavy atom. The minimum absolute atomic E-state index is 0.0139. The van der Waals surface area contributed by atoms with Crippen molar-refractivity contribution in [3.05, 3.63) is 60.0 Å². The number of hydrogen-bond acceptors (Lipinski definition) is 3. The van der Waals surface area contributed by atoms with Gasteiger partial charge in [0.15, 0.2) is 0 Å². The molecule has 0 unspecified atom stereocenters. The summed E-state index contributed by atoms with van der Waals surface area (Å²) in [6.07, 6.45) is 1.31. The van der Waals surface area contributed by atoms with E-state index in [1.54, 1.807) is 22.8 Å². The molecule has 2 saturated heterocycles. The molecular formula is C28H32F3N3O2. The van der Waals surface area contributed by atoms with Gasteiger partial charge >= 0.3 is 0 Å². The van der Waals surface area contributed by atoms with Crippen LogP contribution in [0.1, 0.15) is 50.0 Å². The molecule has 0 radical (unpaired) electrons. The standard InChI is InChI=1S/C28H32F3N3O2/c1-19(2)32-12-8-23(9-13-32)36-24-6-7-25-20(16-24)17-26(34(25)22-5-3-4-21(29)18-22)27(35)33-14-10-28(30,31)11-15-33/h3-7,16-19,23H,8-15H2,1-2H3. The van der Waals surface area contributed by atoms with Crippen LogP contribution in [0, 0.1) is 5.82 Å². The number of hydrogen-bond donors (Lipinski definition) is 0. The summed E-state index contributed by atoms with van der Waals surface area (Å²) in [7, 11) is 0. The highest BCUT2D eigenvalue weighted by Crippen LogP contribution is 2.32. The van der Waals surface area contributed by atoms with Crippen LogP contribution < -0.4 is 4.74 Å². The van der Waals surface area contributed by atoms with Crippen LogP contribution in [0.3, 0.4) is 0 Å². The molecule has 2 aliphatic rings. The maximum Gasteiger partial charge on any atom is 0.270 e. The Bertz CT molecular complexity index is 1240. The summed E-state index contributed by atoms with van der Waals surface area (Å²) in [5, 5.41) is 0.780. The molecule has 3 heterocycles. The molecule has 2 fully saturated rings. The Hall–Kier alpha value is -3.00. The number of piperidine rings is 2. The molecule has 1 amide bonds. The number of benzene rings is 2. The molecule has 3 aromatic rings. The molecule has 0 bridgehead atoms. The van der Waals surface area contributed by atoms with Crippen LogP contribution in [0.4, 0.5) is 13.2 Å². The van der Waals surface area contributed by atoms with Gasteiger partial charge in [0, 0.05) is 56.1 Å². The molecule has 2 aliphatic heterocycles. The van der Waals surface area contributed by atoms with Gasteiger partial charge in [-0.05, 0) is 69.2 Å². The second-order valence-electron chi connectivity index (χ2n) is 10.2. The molecule has 5 nitrogen and oxygen atoms in total. The molecule has 0 saturated carbocycles. The summed E-state index contributed by atoms with van der Waals surface area (Å²) in [6, 6.07) is 14.0. The first kappa shape index (κ1) is 24.7. The number of rotatable bonds is 5. The van der Waals surface area contributed by atoms with Crippen LogP contribution >= 0.6 is 0 Å². The fraction of sp³-hybridized carbons (Fsp3) is 0.464. The highest BCUT2D eigenvalue weighted by atomic mass is 19.3. The Kier molecular flexibility index (Phi) is 6.72. The monoisotopic (exact) mass is 499 g/mol. The molecule has 36 heavy (non-hydrogen) atoms. The third-order valence-corrected chi connectivity index (χ3v) is 7.35. The minimum Gasteiger partial charge on any atom is -0.490 e. The van der Waals surface area contributed by atoms with Crippen molar-refractivity contribution in [2.75, 3.05) is 26.2 Å². The third-order valence-electron chi connectivity index (χ3n) is 7.35. The van der Waals surface area contributed by atoms with E-state index in [9.17, 15) is 18.0 Å². The Labute approximate surface area is 209 Å². The lowest BCUT2D eigenvalue weighted by Crippen LogP contribution is -2.43. The van der Waals surface area contributed by atoms with Crippen molar-refractivity contribution in [3.63, 3.8) is 0 Å². The van der Waals surface area contributed by atoms with E-state index in [1.165, 1.54) is 17.0 Å². The van der Waals surface area contributed by atoms with Crippen molar-refractivity contribution >= 4 is 16.8 Å². The first-order chi connectivity index (χ1) is 17.2. The fourth-order valence-corrected chi connectivity index (χ4v) is 5.22. The summed E-state index contributed by atoms with van der Waals surface area (Å²) in [4.78, 5) is 17.4. The zero-order valence-corrected chi connectivity index (χ0v) is 20.7. The topological polar surface area (TPSA) is 37.7 Å². The van der Waals surface area contributed by atoms with E-state index in [1.807, 2.05) is 18.2 Å². The molecule has 5 rings (SSSR count). The van der Waals surface area contributed by atoms with Crippen molar-refractivity contribution in [1.82, 2.24) is 14.4 Å². The van der Waals surface area contributed by atoms with Gasteiger partial charge in [0.1, 0.15) is 23.4 Å². The minimum atomic E-state index is -2.75. The van der Waals surface area contributed by atoms with Crippen LogP contribution in [0.25, 0.3) is 16.6 Å². The predicted octanol–water partition coefficient (Wildman–Crippen LogP) is 5.89. The van der Waals surface area contributed by atoms with Crippen molar-refractivity contribution in [1.29, 1.82) is 0 Å². The van der Waals surface area contributed by atoms with Gasteiger partial charge in [-0.2, -0.15) is 0 Å². The first-order valence-corrected chi connectivity index (χ1v) is 12.7. The zero-order valence-electron chi connectivity index (χ0n) is 20.7. The summed E-state index contributed by atoms with van der Waals surface area (Å²) in [6.45, 7) is 6.36. The zero-order chi connectivity index (χ0) is 25.4. The van der Waals surface area contributed by atoms with E-state index in [0.717, 1.165) is 42.6 Å². The number of likely N-dealkylation sites (tertiary alicyclic amines) is 2. The molecule has 2 aromatic carbocycles. The van der Waals surface area contributed by atoms with Crippen LogP contribution in [-0.2, 0) is 0 Å². The third kappa shape index (κ3) is 5.09. The van der Waals surface area contributed by atoms with E-state index >= 15 is 0 Å². The fourth-order valence-electron chi connectivity index (χ4n) is 5.22. The smallest absolute Gasteiger partial charge is 0.270 e. The summed E-state index contributed by atoms with van der Waals surface area (Å²) in [5.41, 5.74) is 1.56. The summed E-state index contributed by atoms with van der Waals surface area (Å²) < 4.78 is 49.5. The number of nitrogens with zero attached hydrogens (tertiary/aromatic N) is 3. The van der Waals surface area contributed by atoms with Gasteiger partial charge in [0.2, 0.25) is 0 Å². The summed E-state index contributed by atoms with van der Waals surface area (Å²) >= 11 is 0. The van der Waals surface area contributed by atoms with Crippen LogP contribution in [-0.4, -0.2) is 64.5 Å². The lowest BCUT2D eigenvalue weighted by Gasteiger charge is -2.34. The number of ether oxygens (including phenoxy) is 1. The van der Waals surface area contributed by atoms with Gasteiger partial charge in [0.25, 0.3) is 11.8 Å². The van der Waals surface area contributed by atoms with Gasteiger partial charge in [0.05, 0.1) is 5.52 Å². The summed E-state index contributed by atoms with van der Waals surface area (Å²) in [5.74, 6) is -2.78. The number of halogens is 3. The average molecular weight is 500 g/mol. The van der Waals surface area contributed by atoms with Gasteiger partial charge in [-0.25, -0.2) is 13.2 Å². The Balaban J connectivity index is 1.45. The number of carbonyl (C=O) groups excluding carboxylic acids is 1. The van der Waals surface area contributed by atoms with Gasteiger partial charge in [-0.15, -0.1) is 0 Å². The number of amides is 1. The second-order valence-corrected chi connectivity index (χ2v) is 10.2. The van der Waals surface area contributed by atoms with Gasteiger partial charge in [-0.3, -0.25) is 4.79 Å². The van der Waals surface area contributed by atoms with E-state index < -0.39 is 11.7 Å². The molecule has 1 aromatic heterocycles. The van der Waals surface area contributed by atoms with Crippen molar-refractivity contribution in [2.24, 2.45) is 0 Å². The van der Waals surface area contributed by atoms with Crippen molar-refractivity contribution in [2.45, 2.75) is 57.6 Å². The Morgan fingerprint density at radius 2 is 1.72 bits per heavy atom. The van der Waals surface area contributed by atoms with E-state index in [-0.39, 0.29) is 37.9 Å². The number of carbonyl (C=O) groups is 1. The van der Waals surface area contributed by atoms with E-state index in [0.29, 0.717) is 17.4 Å². The first-order valence-electron chi connectivity index (χ1n) is 12.7. The van der Waals surface area contributed by atoms with Crippen molar-refractivity contribution < 1.29 is 22.7 Å². The Morgan fingerprint density at radius 1 is 1.00 bits per heavy atom. The number of alkyl halides is 2. The SMILES string of the molecule is CC(C)N1CCC(Oc2ccc3c(c2)cc(C(=O)N2CCC(F)(F)CC2)n3-c2cccc(F)c2)CC1. The molecular weight excluding hydrogens is 467 g/mol. The lowest BCUT2D eigenvalue weighted by atomic mass is 10.1. The highest BCUT2D eigenvalue weighted by molar-refractivity contribution is 6.00. The number of aromatic nitrogens is 1. The van der Waals surface area contributed by atoms with Crippen LogP contribution in [0.2, 0.25) is 0 Å². The predicted molar refractivity (Wildman–Crippen MR) is 134 cm³/mol. The van der Waals surface area contributed by atoms with Crippen LogP contribution in [0.5, 0.6) is 5.75 Å².